The first-order valence-corrected chi connectivity index (χ1v) is 6.32. The van der Waals surface area contributed by atoms with Gasteiger partial charge in [-0.3, -0.25) is 4.79 Å². The highest BCUT2D eigenvalue weighted by Crippen LogP contribution is 2.33. The van der Waals surface area contributed by atoms with E-state index in [1.165, 1.54) is 12.1 Å². The van der Waals surface area contributed by atoms with Crippen LogP contribution in [-0.2, 0) is 6.18 Å². The molecule has 0 saturated heterocycles. The third-order valence-corrected chi connectivity index (χ3v) is 3.27. The molecule has 2 rings (SSSR count). The molecule has 0 unspecified atom stereocenters. The van der Waals surface area contributed by atoms with Gasteiger partial charge in [0, 0.05) is 11.0 Å². The molecule has 1 saturated carbocycles. The number of hydrogen-bond donors (Lipinski definition) is 1. The third-order valence-electron chi connectivity index (χ3n) is 2.78. The first kappa shape index (κ1) is 13.4. The van der Waals surface area contributed by atoms with Gasteiger partial charge < -0.3 is 5.32 Å². The highest BCUT2D eigenvalue weighted by molar-refractivity contribution is 9.10. The van der Waals surface area contributed by atoms with E-state index in [1.807, 2.05) is 0 Å². The summed E-state index contributed by atoms with van der Waals surface area (Å²) in [4.78, 5) is 11.8. The standard InChI is InChI=1S/C12H11BrF3NO/c13-8-3-4-10(12(14,15)16)9(5-8)11(18)17-6-7-1-2-7/h3-5,7H,1-2,6H2,(H,17,18). The first-order valence-electron chi connectivity index (χ1n) is 5.53. The largest absolute Gasteiger partial charge is 0.417 e. The second-order valence-corrected chi connectivity index (χ2v) is 5.26. The number of amides is 1. The van der Waals surface area contributed by atoms with E-state index in [4.69, 9.17) is 0 Å². The molecule has 0 atom stereocenters. The van der Waals surface area contributed by atoms with Crippen molar-refractivity contribution in [3.8, 4) is 0 Å². The summed E-state index contributed by atoms with van der Waals surface area (Å²) in [5.41, 5.74) is -1.24. The molecule has 1 fully saturated rings. The van der Waals surface area contributed by atoms with E-state index in [9.17, 15) is 18.0 Å². The normalized spacial score (nSPS) is 15.6. The lowest BCUT2D eigenvalue weighted by atomic mass is 10.1. The summed E-state index contributed by atoms with van der Waals surface area (Å²) >= 11 is 3.08. The number of halogens is 4. The summed E-state index contributed by atoms with van der Waals surface area (Å²) in [6, 6.07) is 3.39. The molecule has 1 aliphatic carbocycles. The second kappa shape index (κ2) is 4.91. The van der Waals surface area contributed by atoms with Gasteiger partial charge in [0.1, 0.15) is 0 Å². The van der Waals surface area contributed by atoms with E-state index in [0.29, 0.717) is 16.9 Å². The van der Waals surface area contributed by atoms with Crippen LogP contribution in [0.5, 0.6) is 0 Å². The predicted molar refractivity (Wildman–Crippen MR) is 64.2 cm³/mol. The number of rotatable bonds is 3. The van der Waals surface area contributed by atoms with Gasteiger partial charge >= 0.3 is 6.18 Å². The minimum Gasteiger partial charge on any atom is -0.352 e. The van der Waals surface area contributed by atoms with Crippen molar-refractivity contribution in [2.45, 2.75) is 19.0 Å². The zero-order valence-corrected chi connectivity index (χ0v) is 10.9. The molecule has 6 heteroatoms. The van der Waals surface area contributed by atoms with Crippen molar-refractivity contribution < 1.29 is 18.0 Å². The van der Waals surface area contributed by atoms with E-state index in [2.05, 4.69) is 21.2 Å². The van der Waals surface area contributed by atoms with Crippen molar-refractivity contribution in [3.63, 3.8) is 0 Å². The zero-order chi connectivity index (χ0) is 13.3. The summed E-state index contributed by atoms with van der Waals surface area (Å²) in [6.07, 6.45) is -2.46. The molecule has 0 radical (unpaired) electrons. The van der Waals surface area contributed by atoms with Crippen LogP contribution in [0.4, 0.5) is 13.2 Å². The maximum absolute atomic E-state index is 12.8. The van der Waals surface area contributed by atoms with Crippen molar-refractivity contribution in [3.05, 3.63) is 33.8 Å². The molecule has 18 heavy (non-hydrogen) atoms. The van der Waals surface area contributed by atoms with Crippen molar-refractivity contribution in [1.82, 2.24) is 5.32 Å². The third kappa shape index (κ3) is 3.25. The van der Waals surface area contributed by atoms with Gasteiger partial charge in [0.05, 0.1) is 11.1 Å². The summed E-state index contributed by atoms with van der Waals surface area (Å²) in [5.74, 6) is -0.244. The van der Waals surface area contributed by atoms with Crippen LogP contribution in [0.25, 0.3) is 0 Å². The van der Waals surface area contributed by atoms with E-state index in [0.717, 1.165) is 18.9 Å². The molecule has 1 N–H and O–H groups in total. The zero-order valence-electron chi connectivity index (χ0n) is 9.35. The first-order chi connectivity index (χ1) is 8.38. The minimum atomic E-state index is -4.52. The second-order valence-electron chi connectivity index (χ2n) is 4.34. The molecular formula is C12H11BrF3NO. The van der Waals surface area contributed by atoms with Crippen LogP contribution < -0.4 is 5.32 Å². The monoisotopic (exact) mass is 321 g/mol. The van der Waals surface area contributed by atoms with Gasteiger partial charge in [-0.15, -0.1) is 0 Å². The molecule has 0 aliphatic heterocycles. The molecule has 0 heterocycles. The number of nitrogens with one attached hydrogen (secondary N) is 1. The highest BCUT2D eigenvalue weighted by Gasteiger charge is 2.35. The molecule has 1 aliphatic rings. The summed E-state index contributed by atoms with van der Waals surface area (Å²) in [6.45, 7) is 0.447. The maximum Gasteiger partial charge on any atom is 0.417 e. The Bertz CT molecular complexity index is 469. The van der Waals surface area contributed by atoms with E-state index >= 15 is 0 Å². The molecule has 98 valence electrons. The fourth-order valence-corrected chi connectivity index (χ4v) is 1.97. The molecule has 0 bridgehead atoms. The molecular weight excluding hydrogens is 311 g/mol. The van der Waals surface area contributed by atoms with Gasteiger partial charge in [-0.1, -0.05) is 15.9 Å². The van der Waals surface area contributed by atoms with Crippen LogP contribution in [0.3, 0.4) is 0 Å². The van der Waals surface area contributed by atoms with Crippen molar-refractivity contribution in [1.29, 1.82) is 0 Å². The lowest BCUT2D eigenvalue weighted by molar-refractivity contribution is -0.137. The van der Waals surface area contributed by atoms with Gasteiger partial charge in [-0.25, -0.2) is 0 Å². The highest BCUT2D eigenvalue weighted by atomic mass is 79.9. The Labute approximate surface area is 111 Å². The van der Waals surface area contributed by atoms with Crippen LogP contribution in [0.2, 0.25) is 0 Å². The Balaban J connectivity index is 2.22. The smallest absolute Gasteiger partial charge is 0.352 e. The van der Waals surface area contributed by atoms with Crippen LogP contribution >= 0.6 is 15.9 Å². The summed E-state index contributed by atoms with van der Waals surface area (Å²) in [5, 5.41) is 2.54. The van der Waals surface area contributed by atoms with Gasteiger partial charge in [0.2, 0.25) is 0 Å². The lowest BCUT2D eigenvalue weighted by Gasteiger charge is -2.13. The van der Waals surface area contributed by atoms with Crippen LogP contribution in [0.15, 0.2) is 22.7 Å². The number of hydrogen-bond acceptors (Lipinski definition) is 1. The minimum absolute atomic E-state index is 0.336. The summed E-state index contributed by atoms with van der Waals surface area (Å²) in [7, 11) is 0. The molecule has 1 amide bonds. The summed E-state index contributed by atoms with van der Waals surface area (Å²) < 4.78 is 38.7. The number of carbonyl (C=O) groups excluding carboxylic acids is 1. The Morgan fingerprint density at radius 2 is 2.06 bits per heavy atom. The predicted octanol–water partition coefficient (Wildman–Crippen LogP) is 3.61. The topological polar surface area (TPSA) is 29.1 Å². The van der Waals surface area contributed by atoms with Crippen molar-refractivity contribution in [2.75, 3.05) is 6.54 Å². The lowest BCUT2D eigenvalue weighted by Crippen LogP contribution is -2.28. The Kier molecular flexibility index (Phi) is 3.66. The quantitative estimate of drug-likeness (QED) is 0.905. The molecule has 2 nitrogen and oxygen atoms in total. The van der Waals surface area contributed by atoms with E-state index in [1.54, 1.807) is 0 Å². The van der Waals surface area contributed by atoms with E-state index < -0.39 is 17.6 Å². The number of alkyl halides is 3. The Hall–Kier alpha value is -1.04. The van der Waals surface area contributed by atoms with Crippen LogP contribution in [0, 0.1) is 5.92 Å². The van der Waals surface area contributed by atoms with Crippen LogP contribution in [-0.4, -0.2) is 12.5 Å². The average Bonchev–Trinajstić information content (AvgIpc) is 3.07. The number of benzene rings is 1. The van der Waals surface area contributed by atoms with Crippen molar-refractivity contribution >= 4 is 21.8 Å². The van der Waals surface area contributed by atoms with Gasteiger partial charge in [0.15, 0.2) is 0 Å². The average molecular weight is 322 g/mol. The van der Waals surface area contributed by atoms with Gasteiger partial charge in [0.25, 0.3) is 5.91 Å². The fourth-order valence-electron chi connectivity index (χ4n) is 1.61. The molecule has 0 spiro atoms. The fraction of sp³-hybridized carbons (Fsp3) is 0.417. The van der Waals surface area contributed by atoms with Crippen LogP contribution in [0.1, 0.15) is 28.8 Å². The molecule has 1 aromatic carbocycles. The molecule has 0 aromatic heterocycles. The Morgan fingerprint density at radius 3 is 2.61 bits per heavy atom. The van der Waals surface area contributed by atoms with Gasteiger partial charge in [-0.05, 0) is 37.0 Å². The van der Waals surface area contributed by atoms with E-state index in [-0.39, 0.29) is 5.56 Å². The SMILES string of the molecule is O=C(NCC1CC1)c1cc(Br)ccc1C(F)(F)F. The Morgan fingerprint density at radius 1 is 1.39 bits per heavy atom. The maximum atomic E-state index is 12.8. The number of carbonyl (C=O) groups is 1. The van der Waals surface area contributed by atoms with Crippen molar-refractivity contribution in [2.24, 2.45) is 5.92 Å². The molecule has 1 aromatic rings. The van der Waals surface area contributed by atoms with Gasteiger partial charge in [-0.2, -0.15) is 13.2 Å².